The molecule has 1 aromatic carbocycles. The summed E-state index contributed by atoms with van der Waals surface area (Å²) in [5, 5.41) is 3.22. The number of amides is 1. The van der Waals surface area contributed by atoms with Crippen LogP contribution in [0.25, 0.3) is 0 Å². The molecule has 0 bridgehead atoms. The molecule has 2 nitrogen and oxygen atoms in total. The molecule has 3 heteroatoms. The van der Waals surface area contributed by atoms with Crippen molar-refractivity contribution < 1.29 is 4.79 Å². The first-order valence-corrected chi connectivity index (χ1v) is 8.66. The molecule has 0 radical (unpaired) electrons. The van der Waals surface area contributed by atoms with E-state index in [0.717, 1.165) is 17.7 Å². The fourth-order valence-electron chi connectivity index (χ4n) is 2.68. The SMILES string of the molecule is CC(Sc1ccccc1)C(=O)NC1CCCCCCC1. The number of carbonyl (C=O) groups excluding carboxylic acids is 1. The number of nitrogens with one attached hydrogen (secondary N) is 1. The summed E-state index contributed by atoms with van der Waals surface area (Å²) >= 11 is 1.64. The lowest BCUT2D eigenvalue weighted by atomic mass is 9.97. The highest BCUT2D eigenvalue weighted by molar-refractivity contribution is 8.00. The van der Waals surface area contributed by atoms with Crippen molar-refractivity contribution in [3.05, 3.63) is 30.3 Å². The number of thioether (sulfide) groups is 1. The molecular formula is C17H25NOS. The normalized spacial score (nSPS) is 18.9. The van der Waals surface area contributed by atoms with Gasteiger partial charge in [-0.2, -0.15) is 0 Å². The van der Waals surface area contributed by atoms with Gasteiger partial charge in [-0.05, 0) is 31.9 Å². The van der Waals surface area contributed by atoms with E-state index in [-0.39, 0.29) is 11.2 Å². The molecule has 0 spiro atoms. The Labute approximate surface area is 126 Å². The van der Waals surface area contributed by atoms with Gasteiger partial charge in [-0.15, -0.1) is 11.8 Å². The lowest BCUT2D eigenvalue weighted by molar-refractivity contribution is -0.121. The Balaban J connectivity index is 1.80. The molecule has 1 aliphatic rings. The molecule has 1 aliphatic carbocycles. The summed E-state index contributed by atoms with van der Waals surface area (Å²) in [6.07, 6.45) is 8.81. The highest BCUT2D eigenvalue weighted by Crippen LogP contribution is 2.23. The van der Waals surface area contributed by atoms with Crippen LogP contribution in [0.3, 0.4) is 0 Å². The van der Waals surface area contributed by atoms with E-state index < -0.39 is 0 Å². The lowest BCUT2D eigenvalue weighted by Crippen LogP contribution is -2.39. The van der Waals surface area contributed by atoms with Crippen LogP contribution in [-0.4, -0.2) is 17.2 Å². The van der Waals surface area contributed by atoms with Gasteiger partial charge in [-0.3, -0.25) is 4.79 Å². The average Bonchev–Trinajstić information content (AvgIpc) is 2.42. The summed E-state index contributed by atoms with van der Waals surface area (Å²) in [7, 11) is 0. The Kier molecular flexibility index (Phi) is 6.44. The Morgan fingerprint density at radius 3 is 2.35 bits per heavy atom. The van der Waals surface area contributed by atoms with E-state index in [1.165, 1.54) is 32.1 Å². The maximum absolute atomic E-state index is 12.3. The van der Waals surface area contributed by atoms with E-state index in [2.05, 4.69) is 17.4 Å². The zero-order chi connectivity index (χ0) is 14.2. The fourth-order valence-corrected chi connectivity index (χ4v) is 3.57. The highest BCUT2D eigenvalue weighted by atomic mass is 32.2. The van der Waals surface area contributed by atoms with Crippen LogP contribution < -0.4 is 5.32 Å². The Morgan fingerprint density at radius 2 is 1.70 bits per heavy atom. The van der Waals surface area contributed by atoms with Crippen molar-refractivity contribution in [2.45, 2.75) is 68.1 Å². The molecule has 20 heavy (non-hydrogen) atoms. The fraction of sp³-hybridized carbons (Fsp3) is 0.588. The van der Waals surface area contributed by atoms with Crippen LogP contribution in [0.5, 0.6) is 0 Å². The van der Waals surface area contributed by atoms with Gasteiger partial charge >= 0.3 is 0 Å². The molecule has 1 atom stereocenters. The van der Waals surface area contributed by atoms with Gasteiger partial charge in [-0.1, -0.05) is 50.3 Å². The maximum Gasteiger partial charge on any atom is 0.233 e. The molecule has 0 saturated heterocycles. The number of hydrogen-bond donors (Lipinski definition) is 1. The third-order valence-electron chi connectivity index (χ3n) is 3.88. The predicted octanol–water partition coefficient (Wildman–Crippen LogP) is 4.40. The lowest BCUT2D eigenvalue weighted by Gasteiger charge is -2.22. The van der Waals surface area contributed by atoms with Crippen LogP contribution in [0.2, 0.25) is 0 Å². The Hall–Kier alpha value is -0.960. The third kappa shape index (κ3) is 5.20. The monoisotopic (exact) mass is 291 g/mol. The highest BCUT2D eigenvalue weighted by Gasteiger charge is 2.19. The molecule has 2 rings (SSSR count). The van der Waals surface area contributed by atoms with Crippen LogP contribution in [0.1, 0.15) is 51.9 Å². The molecule has 1 amide bonds. The molecule has 0 aliphatic heterocycles. The van der Waals surface area contributed by atoms with E-state index in [1.54, 1.807) is 11.8 Å². The van der Waals surface area contributed by atoms with E-state index >= 15 is 0 Å². The van der Waals surface area contributed by atoms with Gasteiger partial charge in [-0.25, -0.2) is 0 Å². The Morgan fingerprint density at radius 1 is 1.10 bits per heavy atom. The second-order valence-corrected chi connectivity index (χ2v) is 7.04. The van der Waals surface area contributed by atoms with Crippen LogP contribution in [-0.2, 0) is 4.79 Å². The first-order chi connectivity index (χ1) is 9.75. The second-order valence-electron chi connectivity index (χ2n) is 5.62. The van der Waals surface area contributed by atoms with Crippen LogP contribution >= 0.6 is 11.8 Å². The largest absolute Gasteiger partial charge is 0.352 e. The van der Waals surface area contributed by atoms with E-state index in [9.17, 15) is 4.79 Å². The van der Waals surface area contributed by atoms with E-state index in [4.69, 9.17) is 0 Å². The van der Waals surface area contributed by atoms with Crippen molar-refractivity contribution in [2.75, 3.05) is 0 Å². The van der Waals surface area contributed by atoms with E-state index in [1.807, 2.05) is 25.1 Å². The quantitative estimate of drug-likeness (QED) is 0.833. The van der Waals surface area contributed by atoms with Gasteiger partial charge in [0.25, 0.3) is 0 Å². The summed E-state index contributed by atoms with van der Waals surface area (Å²) < 4.78 is 0. The van der Waals surface area contributed by atoms with Gasteiger partial charge in [0.2, 0.25) is 5.91 Å². The zero-order valence-corrected chi connectivity index (χ0v) is 13.1. The molecule has 1 aromatic rings. The van der Waals surface area contributed by atoms with Crippen molar-refractivity contribution in [1.29, 1.82) is 0 Å². The molecule has 1 saturated carbocycles. The Bertz CT molecular complexity index is 399. The summed E-state index contributed by atoms with van der Waals surface area (Å²) in [6, 6.07) is 10.5. The van der Waals surface area contributed by atoms with Gasteiger partial charge in [0.15, 0.2) is 0 Å². The molecule has 0 aromatic heterocycles. The van der Waals surface area contributed by atoms with Crippen molar-refractivity contribution in [1.82, 2.24) is 5.32 Å². The minimum Gasteiger partial charge on any atom is -0.352 e. The summed E-state index contributed by atoms with van der Waals surface area (Å²) in [5.74, 6) is 0.185. The summed E-state index contributed by atoms with van der Waals surface area (Å²) in [4.78, 5) is 13.4. The molecular weight excluding hydrogens is 266 g/mol. The molecule has 1 N–H and O–H groups in total. The first-order valence-electron chi connectivity index (χ1n) is 7.78. The smallest absolute Gasteiger partial charge is 0.233 e. The van der Waals surface area contributed by atoms with Crippen molar-refractivity contribution in [3.63, 3.8) is 0 Å². The minimum atomic E-state index is -0.0251. The summed E-state index contributed by atoms with van der Waals surface area (Å²) in [6.45, 7) is 2.00. The van der Waals surface area contributed by atoms with E-state index in [0.29, 0.717) is 6.04 Å². The number of benzene rings is 1. The molecule has 0 heterocycles. The number of rotatable bonds is 4. The van der Waals surface area contributed by atoms with Gasteiger partial charge in [0, 0.05) is 10.9 Å². The maximum atomic E-state index is 12.3. The number of hydrogen-bond acceptors (Lipinski definition) is 2. The standard InChI is InChI=1S/C17H25NOS/c1-14(20-16-12-8-5-9-13-16)17(19)18-15-10-6-3-2-4-7-11-15/h5,8-9,12-15H,2-4,6-7,10-11H2,1H3,(H,18,19). The van der Waals surface area contributed by atoms with Crippen molar-refractivity contribution in [2.24, 2.45) is 0 Å². The van der Waals surface area contributed by atoms with Crippen LogP contribution in [0, 0.1) is 0 Å². The van der Waals surface area contributed by atoms with Crippen LogP contribution in [0.4, 0.5) is 0 Å². The molecule has 1 unspecified atom stereocenters. The topological polar surface area (TPSA) is 29.1 Å². The second kappa shape index (κ2) is 8.35. The van der Waals surface area contributed by atoms with Crippen molar-refractivity contribution >= 4 is 17.7 Å². The number of carbonyl (C=O) groups is 1. The minimum absolute atomic E-state index is 0.0251. The van der Waals surface area contributed by atoms with Gasteiger partial charge in [0.05, 0.1) is 5.25 Å². The van der Waals surface area contributed by atoms with Gasteiger partial charge in [0.1, 0.15) is 0 Å². The average molecular weight is 291 g/mol. The third-order valence-corrected chi connectivity index (χ3v) is 4.99. The van der Waals surface area contributed by atoms with Crippen LogP contribution in [0.15, 0.2) is 35.2 Å². The molecule has 1 fully saturated rings. The van der Waals surface area contributed by atoms with Gasteiger partial charge < -0.3 is 5.32 Å². The zero-order valence-electron chi connectivity index (χ0n) is 12.3. The summed E-state index contributed by atoms with van der Waals surface area (Å²) in [5.41, 5.74) is 0. The van der Waals surface area contributed by atoms with Crippen molar-refractivity contribution in [3.8, 4) is 0 Å². The first kappa shape index (κ1) is 15.4. The predicted molar refractivity (Wildman–Crippen MR) is 86.0 cm³/mol. The molecule has 110 valence electrons.